The van der Waals surface area contributed by atoms with Crippen LogP contribution in [-0.4, -0.2) is 39.3 Å². The molecule has 0 aliphatic heterocycles. The second-order valence-corrected chi connectivity index (χ2v) is 8.18. The van der Waals surface area contributed by atoms with Crippen molar-refractivity contribution in [3.05, 3.63) is 65.7 Å². The number of amides is 1. The van der Waals surface area contributed by atoms with Crippen LogP contribution in [0.25, 0.3) is 0 Å². The van der Waals surface area contributed by atoms with Crippen LogP contribution in [0.4, 0.5) is 14.5 Å². The molecule has 9 heteroatoms. The molecule has 1 amide bonds. The van der Waals surface area contributed by atoms with Crippen LogP contribution >= 0.6 is 0 Å². The Morgan fingerprint density at radius 2 is 1.48 bits per heavy atom. The van der Waals surface area contributed by atoms with Crippen molar-refractivity contribution >= 4 is 21.8 Å². The number of anilines is 1. The molecule has 6 nitrogen and oxygen atoms in total. The second kappa shape index (κ2) is 8.45. The molecule has 0 aliphatic carbocycles. The van der Waals surface area contributed by atoms with Crippen molar-refractivity contribution < 1.29 is 22.0 Å². The van der Waals surface area contributed by atoms with Crippen molar-refractivity contribution in [3.8, 4) is 0 Å². The van der Waals surface area contributed by atoms with Gasteiger partial charge in [-0.1, -0.05) is 12.1 Å². The Bertz CT molecular complexity index is 885. The summed E-state index contributed by atoms with van der Waals surface area (Å²) in [6.45, 7) is 1.21. The van der Waals surface area contributed by atoms with Gasteiger partial charge >= 0.3 is 10.2 Å². The minimum Gasteiger partial charge on any atom is -0.348 e. The van der Waals surface area contributed by atoms with Crippen LogP contribution in [0, 0.1) is 11.6 Å². The Kier molecular flexibility index (Phi) is 6.50. The summed E-state index contributed by atoms with van der Waals surface area (Å²) in [6.07, 6.45) is 0. The average Bonchev–Trinajstić information content (AvgIpc) is 2.60. The van der Waals surface area contributed by atoms with Gasteiger partial charge in [0.1, 0.15) is 18.2 Å². The maximum absolute atomic E-state index is 13.2. The summed E-state index contributed by atoms with van der Waals surface area (Å²) >= 11 is 0. The van der Waals surface area contributed by atoms with E-state index in [1.54, 1.807) is 6.92 Å². The second-order valence-electron chi connectivity index (χ2n) is 6.11. The smallest absolute Gasteiger partial charge is 0.304 e. The van der Waals surface area contributed by atoms with Gasteiger partial charge in [-0.2, -0.15) is 12.7 Å². The third-order valence-electron chi connectivity index (χ3n) is 3.89. The highest BCUT2D eigenvalue weighted by Crippen LogP contribution is 2.20. The van der Waals surface area contributed by atoms with Gasteiger partial charge in [0.15, 0.2) is 0 Å². The standard InChI is InChI=1S/C18H21F2N3O3S/c1-13(14-4-6-15(19)7-5-14)21-18(24)12-23(27(25,26)22(2)3)17-10-8-16(20)9-11-17/h4-11,13H,12H2,1-3H3,(H,21,24). The predicted octanol–water partition coefficient (Wildman–Crippen LogP) is 2.46. The van der Waals surface area contributed by atoms with Gasteiger partial charge in [-0.15, -0.1) is 0 Å². The Labute approximate surface area is 157 Å². The lowest BCUT2D eigenvalue weighted by atomic mass is 10.1. The van der Waals surface area contributed by atoms with Crippen LogP contribution in [0.5, 0.6) is 0 Å². The van der Waals surface area contributed by atoms with E-state index in [4.69, 9.17) is 0 Å². The molecule has 0 aliphatic rings. The topological polar surface area (TPSA) is 69.7 Å². The number of carbonyl (C=O) groups is 1. The number of benzene rings is 2. The SMILES string of the molecule is CC(NC(=O)CN(c1ccc(F)cc1)S(=O)(=O)N(C)C)c1ccc(F)cc1. The fourth-order valence-corrected chi connectivity index (χ4v) is 3.43. The maximum Gasteiger partial charge on any atom is 0.304 e. The monoisotopic (exact) mass is 397 g/mol. The van der Waals surface area contributed by atoms with Crippen molar-refractivity contribution in [1.29, 1.82) is 0 Å². The largest absolute Gasteiger partial charge is 0.348 e. The summed E-state index contributed by atoms with van der Waals surface area (Å²) in [7, 11) is -1.30. The number of hydrogen-bond donors (Lipinski definition) is 1. The van der Waals surface area contributed by atoms with Crippen molar-refractivity contribution in [1.82, 2.24) is 9.62 Å². The van der Waals surface area contributed by atoms with E-state index < -0.39 is 40.3 Å². The molecule has 2 rings (SSSR count). The summed E-state index contributed by atoms with van der Waals surface area (Å²) < 4.78 is 53.2. The highest BCUT2D eigenvalue weighted by atomic mass is 32.2. The minimum absolute atomic E-state index is 0.162. The zero-order valence-corrected chi connectivity index (χ0v) is 16.0. The molecule has 1 atom stereocenters. The van der Waals surface area contributed by atoms with Crippen molar-refractivity contribution in [2.24, 2.45) is 0 Å². The molecule has 0 radical (unpaired) electrons. The van der Waals surface area contributed by atoms with Gasteiger partial charge in [0.2, 0.25) is 5.91 Å². The van der Waals surface area contributed by atoms with Crippen LogP contribution in [0.15, 0.2) is 48.5 Å². The summed E-state index contributed by atoms with van der Waals surface area (Å²) in [5, 5.41) is 2.68. The van der Waals surface area contributed by atoms with Crippen LogP contribution in [0.3, 0.4) is 0 Å². The fourth-order valence-electron chi connectivity index (χ4n) is 2.36. The molecule has 0 saturated carbocycles. The first kappa shape index (κ1) is 20.8. The number of rotatable bonds is 7. The van der Waals surface area contributed by atoms with Gasteiger partial charge in [-0.3, -0.25) is 4.79 Å². The molecule has 0 aromatic heterocycles. The van der Waals surface area contributed by atoms with Gasteiger partial charge in [-0.05, 0) is 48.9 Å². The minimum atomic E-state index is -3.97. The number of nitrogens with one attached hydrogen (secondary N) is 1. The highest BCUT2D eigenvalue weighted by molar-refractivity contribution is 7.90. The average molecular weight is 397 g/mol. The van der Waals surface area contributed by atoms with Gasteiger partial charge in [0, 0.05) is 14.1 Å². The van der Waals surface area contributed by atoms with Crippen molar-refractivity contribution in [3.63, 3.8) is 0 Å². The van der Waals surface area contributed by atoms with E-state index in [-0.39, 0.29) is 5.69 Å². The Hall–Kier alpha value is -2.52. The molecule has 27 heavy (non-hydrogen) atoms. The van der Waals surface area contributed by atoms with Gasteiger partial charge in [-0.25, -0.2) is 13.1 Å². The number of hydrogen-bond acceptors (Lipinski definition) is 3. The predicted molar refractivity (Wildman–Crippen MR) is 99.3 cm³/mol. The fraction of sp³-hybridized carbons (Fsp3) is 0.278. The lowest BCUT2D eigenvalue weighted by Crippen LogP contribution is -2.46. The van der Waals surface area contributed by atoms with Crippen LogP contribution in [0.2, 0.25) is 0 Å². The normalized spacial score (nSPS) is 12.7. The molecule has 146 valence electrons. The first-order chi connectivity index (χ1) is 12.6. The van der Waals surface area contributed by atoms with Crippen LogP contribution in [0.1, 0.15) is 18.5 Å². The number of halogens is 2. The van der Waals surface area contributed by atoms with Crippen LogP contribution in [-0.2, 0) is 15.0 Å². The third-order valence-corrected chi connectivity index (χ3v) is 5.71. The molecule has 0 bridgehead atoms. The molecule has 0 saturated heterocycles. The van der Waals surface area contributed by atoms with E-state index in [2.05, 4.69) is 5.32 Å². The van der Waals surface area contributed by atoms with Gasteiger partial charge < -0.3 is 5.32 Å². The van der Waals surface area contributed by atoms with E-state index in [9.17, 15) is 22.0 Å². The van der Waals surface area contributed by atoms with Gasteiger partial charge in [0.25, 0.3) is 0 Å². The van der Waals surface area contributed by atoms with Crippen molar-refractivity contribution in [2.75, 3.05) is 24.9 Å². The van der Waals surface area contributed by atoms with E-state index in [1.807, 2.05) is 0 Å². The molecule has 1 unspecified atom stereocenters. The molecule has 1 N–H and O–H groups in total. The zero-order valence-electron chi connectivity index (χ0n) is 15.2. The van der Waals surface area contributed by atoms with E-state index in [1.165, 1.54) is 50.5 Å². The molecular weight excluding hydrogens is 376 g/mol. The maximum atomic E-state index is 13.2. The Morgan fingerprint density at radius 3 is 1.96 bits per heavy atom. The Morgan fingerprint density at radius 1 is 1.00 bits per heavy atom. The lowest BCUT2D eigenvalue weighted by molar-refractivity contribution is -0.120. The molecular formula is C18H21F2N3O3S. The quantitative estimate of drug-likeness (QED) is 0.780. The van der Waals surface area contributed by atoms with Gasteiger partial charge in [0.05, 0.1) is 11.7 Å². The van der Waals surface area contributed by atoms with E-state index in [0.29, 0.717) is 5.56 Å². The highest BCUT2D eigenvalue weighted by Gasteiger charge is 2.27. The summed E-state index contributed by atoms with van der Waals surface area (Å²) in [5.41, 5.74) is 0.836. The lowest BCUT2D eigenvalue weighted by Gasteiger charge is -2.27. The van der Waals surface area contributed by atoms with Crippen LogP contribution < -0.4 is 9.62 Å². The molecule has 0 spiro atoms. The summed E-state index contributed by atoms with van der Waals surface area (Å²) in [6, 6.07) is 9.98. The summed E-state index contributed by atoms with van der Waals surface area (Å²) in [4.78, 5) is 12.4. The number of nitrogens with zero attached hydrogens (tertiary/aromatic N) is 2. The molecule has 2 aromatic rings. The van der Waals surface area contributed by atoms with Crippen molar-refractivity contribution in [2.45, 2.75) is 13.0 Å². The third kappa shape index (κ3) is 5.24. The molecule has 2 aromatic carbocycles. The van der Waals surface area contributed by atoms with E-state index in [0.717, 1.165) is 20.7 Å². The molecule has 0 fully saturated rings. The first-order valence-electron chi connectivity index (χ1n) is 8.12. The molecule has 0 heterocycles. The zero-order chi connectivity index (χ0) is 20.2. The Balaban J connectivity index is 2.20. The summed E-state index contributed by atoms with van der Waals surface area (Å²) in [5.74, 6) is -1.46. The van der Waals surface area contributed by atoms with E-state index >= 15 is 0 Å². The first-order valence-corrected chi connectivity index (χ1v) is 9.51. The number of carbonyl (C=O) groups excluding carboxylic acids is 1.